The Labute approximate surface area is 192 Å². The first-order chi connectivity index (χ1) is 16.3. The lowest BCUT2D eigenvalue weighted by Gasteiger charge is -2.18. The van der Waals surface area contributed by atoms with E-state index in [0.29, 0.717) is 0 Å². The molecule has 34 heavy (non-hydrogen) atoms. The van der Waals surface area contributed by atoms with Crippen molar-refractivity contribution in [2.75, 3.05) is 18.5 Å². The number of fused-ring (bicyclic) bond motifs is 3. The van der Waals surface area contributed by atoms with Gasteiger partial charge < -0.3 is 20.5 Å². The predicted molar refractivity (Wildman–Crippen MR) is 118 cm³/mol. The summed E-state index contributed by atoms with van der Waals surface area (Å²) in [6.07, 6.45) is 0.942. The Morgan fingerprint density at radius 3 is 2.24 bits per heavy atom. The van der Waals surface area contributed by atoms with Gasteiger partial charge in [-0.3, -0.25) is 9.78 Å². The zero-order valence-corrected chi connectivity index (χ0v) is 17.6. The quantitative estimate of drug-likeness (QED) is 0.485. The van der Waals surface area contributed by atoms with Crippen molar-refractivity contribution in [2.45, 2.75) is 11.8 Å². The molecule has 2 amide bonds. The van der Waals surface area contributed by atoms with Crippen molar-refractivity contribution in [2.24, 2.45) is 0 Å². The number of alkyl carbamates (subject to hydrolysis) is 1. The number of benzene rings is 2. The molecule has 3 N–H and O–H groups in total. The van der Waals surface area contributed by atoms with E-state index in [4.69, 9.17) is 9.84 Å². The largest absolute Gasteiger partial charge is 0.478 e. The van der Waals surface area contributed by atoms with Gasteiger partial charge in [-0.05, 0) is 28.3 Å². The summed E-state index contributed by atoms with van der Waals surface area (Å²) in [5.74, 6) is -7.27. The molecule has 0 atom stereocenters. The van der Waals surface area contributed by atoms with Gasteiger partial charge in [0, 0.05) is 12.1 Å². The minimum Gasteiger partial charge on any atom is -0.478 e. The highest BCUT2D eigenvalue weighted by molar-refractivity contribution is 5.97. The number of hydrogen-bond acceptors (Lipinski definition) is 5. The number of ether oxygens (including phenoxy) is 1. The first-order valence-corrected chi connectivity index (χ1v) is 10.2. The van der Waals surface area contributed by atoms with Crippen molar-refractivity contribution in [3.8, 4) is 11.1 Å². The summed E-state index contributed by atoms with van der Waals surface area (Å²) in [5.41, 5.74) is 3.49. The highest BCUT2D eigenvalue weighted by Gasteiger charge is 2.39. The summed E-state index contributed by atoms with van der Waals surface area (Å²) in [6, 6.07) is 16.3. The molecule has 2 aromatic carbocycles. The Morgan fingerprint density at radius 1 is 1.00 bits per heavy atom. The van der Waals surface area contributed by atoms with Crippen molar-refractivity contribution in [1.82, 2.24) is 10.3 Å². The molecule has 1 aliphatic rings. The minimum atomic E-state index is -3.98. The lowest BCUT2D eigenvalue weighted by atomic mass is 9.98. The fourth-order valence-corrected chi connectivity index (χ4v) is 3.76. The van der Waals surface area contributed by atoms with Gasteiger partial charge in [0.05, 0.1) is 24.0 Å². The number of carboxylic acid groups (broad SMARTS) is 1. The van der Waals surface area contributed by atoms with E-state index in [2.05, 4.69) is 4.98 Å². The van der Waals surface area contributed by atoms with Crippen LogP contribution in [0.15, 0.2) is 67.0 Å². The van der Waals surface area contributed by atoms with Gasteiger partial charge in [-0.2, -0.15) is 8.78 Å². The summed E-state index contributed by atoms with van der Waals surface area (Å²) < 4.78 is 33.7. The van der Waals surface area contributed by atoms with E-state index in [1.165, 1.54) is 0 Å². The van der Waals surface area contributed by atoms with E-state index < -0.39 is 30.4 Å². The Bertz CT molecular complexity index is 1220. The summed E-state index contributed by atoms with van der Waals surface area (Å²) in [5, 5.41) is 12.7. The number of alkyl halides is 2. The normalized spacial score (nSPS) is 12.4. The zero-order valence-electron chi connectivity index (χ0n) is 17.6. The van der Waals surface area contributed by atoms with Crippen LogP contribution in [0.25, 0.3) is 11.1 Å². The molecule has 3 aromatic rings. The Hall–Kier alpha value is -4.34. The average Bonchev–Trinajstić information content (AvgIpc) is 3.15. The smallest absolute Gasteiger partial charge is 0.407 e. The van der Waals surface area contributed by atoms with E-state index in [1.807, 2.05) is 59.2 Å². The number of halogens is 2. The number of nitrogens with zero attached hydrogens (tertiary/aromatic N) is 1. The number of carbonyl (C=O) groups excluding carboxylic acids is 2. The summed E-state index contributed by atoms with van der Waals surface area (Å²) >= 11 is 0. The second-order valence-electron chi connectivity index (χ2n) is 7.61. The molecule has 1 heterocycles. The van der Waals surface area contributed by atoms with Crippen molar-refractivity contribution < 1.29 is 33.0 Å². The van der Waals surface area contributed by atoms with E-state index in [0.717, 1.165) is 40.7 Å². The molecule has 4 rings (SSSR count). The van der Waals surface area contributed by atoms with Crippen molar-refractivity contribution in [1.29, 1.82) is 0 Å². The lowest BCUT2D eigenvalue weighted by molar-refractivity contribution is -0.138. The van der Waals surface area contributed by atoms with Gasteiger partial charge in [0.15, 0.2) is 0 Å². The molecule has 8 nitrogen and oxygen atoms in total. The first-order valence-electron chi connectivity index (χ1n) is 10.2. The Kier molecular flexibility index (Phi) is 6.22. The van der Waals surface area contributed by atoms with Gasteiger partial charge in [-0.25, -0.2) is 9.59 Å². The van der Waals surface area contributed by atoms with Crippen LogP contribution in [0.1, 0.15) is 27.4 Å². The average molecular weight is 467 g/mol. The Balaban J connectivity index is 1.33. The van der Waals surface area contributed by atoms with Gasteiger partial charge in [0.25, 0.3) is 5.91 Å². The second kappa shape index (κ2) is 9.26. The van der Waals surface area contributed by atoms with Gasteiger partial charge in [-0.15, -0.1) is 0 Å². The van der Waals surface area contributed by atoms with Crippen LogP contribution in [0, 0.1) is 0 Å². The number of pyridine rings is 1. The predicted octanol–water partition coefficient (Wildman–Crippen LogP) is 3.89. The number of rotatable bonds is 7. The summed E-state index contributed by atoms with van der Waals surface area (Å²) in [6.45, 7) is -1.37. The number of nitrogens with one attached hydrogen (secondary N) is 2. The Morgan fingerprint density at radius 2 is 1.62 bits per heavy atom. The molecule has 1 aromatic heterocycles. The third kappa shape index (κ3) is 4.70. The van der Waals surface area contributed by atoms with E-state index in [-0.39, 0.29) is 23.8 Å². The molecule has 0 spiro atoms. The number of hydrogen-bond donors (Lipinski definition) is 3. The van der Waals surface area contributed by atoms with Crippen LogP contribution in [-0.2, 0) is 9.53 Å². The molecule has 0 saturated heterocycles. The van der Waals surface area contributed by atoms with E-state index in [1.54, 1.807) is 0 Å². The number of aromatic carboxylic acids is 1. The molecule has 174 valence electrons. The van der Waals surface area contributed by atoms with Gasteiger partial charge in [-0.1, -0.05) is 48.5 Å². The number of aromatic nitrogens is 1. The second-order valence-corrected chi connectivity index (χ2v) is 7.61. The molecule has 0 aliphatic heterocycles. The molecule has 0 fully saturated rings. The van der Waals surface area contributed by atoms with Crippen LogP contribution < -0.4 is 10.6 Å². The van der Waals surface area contributed by atoms with Crippen molar-refractivity contribution >= 4 is 23.7 Å². The van der Waals surface area contributed by atoms with Crippen LogP contribution in [0.4, 0.5) is 19.3 Å². The molecule has 10 heteroatoms. The molecule has 0 unspecified atom stereocenters. The maximum atomic E-state index is 14.2. The molecule has 1 aliphatic carbocycles. The zero-order chi connectivity index (χ0) is 24.3. The lowest BCUT2D eigenvalue weighted by Crippen LogP contribution is -2.45. The van der Waals surface area contributed by atoms with Gasteiger partial charge >= 0.3 is 18.0 Å². The summed E-state index contributed by atoms with van der Waals surface area (Å²) in [4.78, 5) is 38.6. The molecule has 0 bridgehead atoms. The topological polar surface area (TPSA) is 118 Å². The monoisotopic (exact) mass is 467 g/mol. The maximum Gasteiger partial charge on any atom is 0.407 e. The van der Waals surface area contributed by atoms with E-state index in [9.17, 15) is 23.2 Å². The highest BCUT2D eigenvalue weighted by atomic mass is 19.3. The third-order valence-corrected chi connectivity index (χ3v) is 5.37. The maximum absolute atomic E-state index is 14.2. The summed E-state index contributed by atoms with van der Waals surface area (Å²) in [7, 11) is 0. The molecular weight excluding hydrogens is 448 g/mol. The van der Waals surface area contributed by atoms with E-state index >= 15 is 0 Å². The number of carboxylic acids is 1. The van der Waals surface area contributed by atoms with Crippen molar-refractivity contribution in [3.63, 3.8) is 0 Å². The number of anilines is 1. The third-order valence-electron chi connectivity index (χ3n) is 5.37. The molecule has 0 radical (unpaired) electrons. The minimum absolute atomic E-state index is 0.0642. The van der Waals surface area contributed by atoms with Crippen LogP contribution in [0.5, 0.6) is 0 Å². The molecule has 0 saturated carbocycles. The fourth-order valence-electron chi connectivity index (χ4n) is 3.76. The van der Waals surface area contributed by atoms with Gasteiger partial charge in [0.1, 0.15) is 6.61 Å². The fraction of sp³-hybridized carbons (Fsp3) is 0.167. The van der Waals surface area contributed by atoms with Gasteiger partial charge in [0.2, 0.25) is 0 Å². The number of carbonyl (C=O) groups is 3. The highest BCUT2D eigenvalue weighted by Crippen LogP contribution is 2.44. The molecular formula is C24H19F2N3O5. The van der Waals surface area contributed by atoms with Crippen LogP contribution in [0.2, 0.25) is 0 Å². The number of amides is 2. The van der Waals surface area contributed by atoms with Crippen LogP contribution in [0.3, 0.4) is 0 Å². The first kappa shape index (κ1) is 22.8. The van der Waals surface area contributed by atoms with Crippen LogP contribution in [-0.4, -0.2) is 47.1 Å². The van der Waals surface area contributed by atoms with Crippen molar-refractivity contribution in [3.05, 3.63) is 83.7 Å². The SMILES string of the molecule is O=C(NCC(F)(F)C(=O)Nc1cncc(C(=O)O)c1)OCC1c2ccccc2-c2ccccc21. The van der Waals surface area contributed by atoms with Crippen LogP contribution >= 0.6 is 0 Å². The standard InChI is InChI=1S/C24H19F2N3O5/c25-24(26,22(32)29-15-9-14(21(30)31)10-27-11-15)13-28-23(33)34-12-20-18-7-3-1-5-16(18)17-6-2-4-8-19(17)20/h1-11,20H,12-13H2,(H,28,33)(H,29,32)(H,30,31).